The molecule has 0 fully saturated rings. The fraction of sp³-hybridized carbons (Fsp3) is 0.577. The summed E-state index contributed by atoms with van der Waals surface area (Å²) >= 11 is 1.54. The number of unbranched alkanes of at least 4 members (excludes halogenated alkanes) is 1. The first-order valence-electron chi connectivity index (χ1n) is 11.6. The standard InChI is InChI=1S/C26H39N3O4S/c1-9-11-16-27-23(30)22(21-18(3)13-12-14-19(21)4)29(10-2)24(31)20(15-17-34-8)28-25(32)33-26(5,6)7/h2,12-14,20,22H,9,11,15-17H2,1,3-8H3,(H,27,30)(H,28,32). The first kappa shape index (κ1) is 29.4. The van der Waals surface area contributed by atoms with E-state index in [9.17, 15) is 14.4 Å². The molecule has 3 amide bonds. The van der Waals surface area contributed by atoms with Crippen molar-refractivity contribution < 1.29 is 19.1 Å². The number of aryl methyl sites for hydroxylation is 2. The molecule has 2 N–H and O–H groups in total. The van der Waals surface area contributed by atoms with Gasteiger partial charge in [0.1, 0.15) is 17.7 Å². The van der Waals surface area contributed by atoms with Gasteiger partial charge in [-0.2, -0.15) is 11.8 Å². The zero-order valence-electron chi connectivity index (χ0n) is 21.5. The minimum atomic E-state index is -1.02. The molecule has 0 saturated carbocycles. The van der Waals surface area contributed by atoms with Gasteiger partial charge >= 0.3 is 6.09 Å². The molecule has 0 saturated heterocycles. The van der Waals surface area contributed by atoms with Crippen molar-refractivity contribution in [2.24, 2.45) is 0 Å². The van der Waals surface area contributed by atoms with E-state index in [1.807, 2.05) is 45.2 Å². The van der Waals surface area contributed by atoms with E-state index >= 15 is 0 Å². The van der Waals surface area contributed by atoms with Crippen molar-refractivity contribution in [3.05, 3.63) is 34.9 Å². The topological polar surface area (TPSA) is 87.7 Å². The zero-order valence-corrected chi connectivity index (χ0v) is 22.3. The Bertz CT molecular complexity index is 869. The third-order valence-corrected chi connectivity index (χ3v) is 5.77. The minimum Gasteiger partial charge on any atom is -0.444 e. The summed E-state index contributed by atoms with van der Waals surface area (Å²) in [5.74, 6) is -0.264. The van der Waals surface area contributed by atoms with Crippen LogP contribution in [0.1, 0.15) is 69.7 Å². The number of hydrogen-bond donors (Lipinski definition) is 2. The molecule has 2 unspecified atom stereocenters. The second kappa shape index (κ2) is 13.9. The number of ether oxygens (including phenoxy) is 1. The Morgan fingerprint density at radius 2 is 1.82 bits per heavy atom. The van der Waals surface area contributed by atoms with Crippen LogP contribution in [0.25, 0.3) is 0 Å². The van der Waals surface area contributed by atoms with Gasteiger partial charge in [-0.25, -0.2) is 4.79 Å². The molecule has 34 heavy (non-hydrogen) atoms. The molecular weight excluding hydrogens is 450 g/mol. The number of alkyl carbamates (subject to hydrolysis) is 1. The van der Waals surface area contributed by atoms with Gasteiger partial charge in [0.15, 0.2) is 0 Å². The number of thioether (sulfide) groups is 1. The molecular formula is C26H39N3O4S. The molecule has 0 aliphatic carbocycles. The number of amides is 3. The van der Waals surface area contributed by atoms with Gasteiger partial charge < -0.3 is 15.4 Å². The van der Waals surface area contributed by atoms with Crippen molar-refractivity contribution in [1.29, 1.82) is 0 Å². The normalized spacial score (nSPS) is 12.8. The number of nitrogens with zero attached hydrogens (tertiary/aromatic N) is 1. The van der Waals surface area contributed by atoms with Crippen LogP contribution < -0.4 is 10.6 Å². The highest BCUT2D eigenvalue weighted by Gasteiger charge is 2.37. The Balaban J connectivity index is 3.39. The average molecular weight is 490 g/mol. The van der Waals surface area contributed by atoms with Crippen molar-refractivity contribution >= 4 is 29.7 Å². The van der Waals surface area contributed by atoms with Crippen LogP contribution in [-0.2, 0) is 14.3 Å². The van der Waals surface area contributed by atoms with Gasteiger partial charge in [0.2, 0.25) is 5.91 Å². The van der Waals surface area contributed by atoms with Gasteiger partial charge in [-0.15, -0.1) is 0 Å². The molecule has 1 aromatic carbocycles. The van der Waals surface area contributed by atoms with Crippen LogP contribution in [0.5, 0.6) is 0 Å². The summed E-state index contributed by atoms with van der Waals surface area (Å²) in [6.45, 7) is 11.5. The molecule has 188 valence electrons. The number of carbonyl (C=O) groups is 3. The van der Waals surface area contributed by atoms with E-state index in [1.54, 1.807) is 32.5 Å². The van der Waals surface area contributed by atoms with Gasteiger partial charge in [0, 0.05) is 12.6 Å². The summed E-state index contributed by atoms with van der Waals surface area (Å²) in [7, 11) is 0. The maximum absolute atomic E-state index is 13.7. The predicted octanol–water partition coefficient (Wildman–Crippen LogP) is 4.33. The highest BCUT2D eigenvalue weighted by molar-refractivity contribution is 7.98. The second-order valence-electron chi connectivity index (χ2n) is 9.17. The third kappa shape index (κ3) is 8.94. The summed E-state index contributed by atoms with van der Waals surface area (Å²) in [5, 5.41) is 5.57. The molecule has 0 aromatic heterocycles. The van der Waals surface area contributed by atoms with E-state index in [1.165, 1.54) is 0 Å². The van der Waals surface area contributed by atoms with Crippen LogP contribution in [0.2, 0.25) is 0 Å². The summed E-state index contributed by atoms with van der Waals surface area (Å²) in [4.78, 5) is 40.6. The molecule has 0 aliphatic heterocycles. The lowest BCUT2D eigenvalue weighted by Gasteiger charge is -2.31. The fourth-order valence-corrected chi connectivity index (χ4v) is 3.97. The van der Waals surface area contributed by atoms with Crippen molar-refractivity contribution in [3.8, 4) is 12.5 Å². The monoisotopic (exact) mass is 489 g/mol. The molecule has 2 atom stereocenters. The Labute approximate surface area is 208 Å². The van der Waals surface area contributed by atoms with Crippen molar-refractivity contribution in [2.45, 2.75) is 78.5 Å². The van der Waals surface area contributed by atoms with Crippen LogP contribution in [0.3, 0.4) is 0 Å². The van der Waals surface area contributed by atoms with Crippen molar-refractivity contribution in [2.75, 3.05) is 18.6 Å². The smallest absolute Gasteiger partial charge is 0.408 e. The number of hydrogen-bond acceptors (Lipinski definition) is 5. The van der Waals surface area contributed by atoms with E-state index in [0.717, 1.165) is 28.9 Å². The Kier molecular flexibility index (Phi) is 12.0. The van der Waals surface area contributed by atoms with Gasteiger partial charge in [-0.1, -0.05) is 38.0 Å². The number of rotatable bonds is 11. The Morgan fingerprint density at radius 1 is 1.21 bits per heavy atom. The summed E-state index contributed by atoms with van der Waals surface area (Å²) < 4.78 is 5.35. The lowest BCUT2D eigenvalue weighted by atomic mass is 9.94. The molecule has 0 radical (unpaired) electrons. The van der Waals surface area contributed by atoms with E-state index in [4.69, 9.17) is 11.2 Å². The van der Waals surface area contributed by atoms with Crippen LogP contribution in [0.4, 0.5) is 4.79 Å². The van der Waals surface area contributed by atoms with Crippen LogP contribution in [0, 0.1) is 26.3 Å². The lowest BCUT2D eigenvalue weighted by Crippen LogP contribution is -2.52. The maximum Gasteiger partial charge on any atom is 0.408 e. The largest absolute Gasteiger partial charge is 0.444 e. The van der Waals surface area contributed by atoms with E-state index in [2.05, 4.69) is 16.7 Å². The number of terminal acetylenes is 1. The first-order valence-corrected chi connectivity index (χ1v) is 13.0. The van der Waals surface area contributed by atoms with Crippen LogP contribution in [-0.4, -0.2) is 53.0 Å². The quantitative estimate of drug-likeness (QED) is 0.274. The molecule has 0 spiro atoms. The van der Waals surface area contributed by atoms with Gasteiger partial charge in [-0.05, 0) is 76.2 Å². The summed E-state index contributed by atoms with van der Waals surface area (Å²) in [6.07, 6.45) is 9.10. The summed E-state index contributed by atoms with van der Waals surface area (Å²) in [5.41, 5.74) is 1.67. The minimum absolute atomic E-state index is 0.342. The molecule has 8 heteroatoms. The van der Waals surface area contributed by atoms with Crippen LogP contribution in [0.15, 0.2) is 18.2 Å². The van der Waals surface area contributed by atoms with Crippen molar-refractivity contribution in [3.63, 3.8) is 0 Å². The average Bonchev–Trinajstić information content (AvgIpc) is 2.74. The van der Waals surface area contributed by atoms with Crippen LogP contribution >= 0.6 is 11.8 Å². The zero-order chi connectivity index (χ0) is 25.9. The first-order chi connectivity index (χ1) is 16.0. The van der Waals surface area contributed by atoms with Gasteiger partial charge in [-0.3, -0.25) is 14.5 Å². The van der Waals surface area contributed by atoms with E-state index in [-0.39, 0.29) is 5.91 Å². The van der Waals surface area contributed by atoms with Gasteiger partial charge in [0.25, 0.3) is 5.91 Å². The predicted molar refractivity (Wildman–Crippen MR) is 138 cm³/mol. The fourth-order valence-electron chi connectivity index (χ4n) is 3.50. The molecule has 0 aliphatic rings. The van der Waals surface area contributed by atoms with Crippen molar-refractivity contribution in [1.82, 2.24) is 15.5 Å². The summed E-state index contributed by atoms with van der Waals surface area (Å²) in [6, 6.07) is 6.14. The SMILES string of the molecule is C#CN(C(=O)C(CCSC)NC(=O)OC(C)(C)C)C(C(=O)NCCCC)c1c(C)cccc1C. The number of nitrogens with one attached hydrogen (secondary N) is 2. The second-order valence-corrected chi connectivity index (χ2v) is 10.2. The highest BCUT2D eigenvalue weighted by Crippen LogP contribution is 2.28. The third-order valence-electron chi connectivity index (χ3n) is 5.13. The molecule has 1 rings (SSSR count). The Morgan fingerprint density at radius 3 is 2.32 bits per heavy atom. The molecule has 7 nitrogen and oxygen atoms in total. The van der Waals surface area contributed by atoms with E-state index in [0.29, 0.717) is 24.3 Å². The van der Waals surface area contributed by atoms with Gasteiger partial charge in [0.05, 0.1) is 0 Å². The highest BCUT2D eigenvalue weighted by atomic mass is 32.2. The van der Waals surface area contributed by atoms with E-state index < -0.39 is 29.7 Å². The molecule has 1 aromatic rings. The lowest BCUT2D eigenvalue weighted by molar-refractivity contribution is -0.138. The Hall–Kier alpha value is -2.66. The number of benzene rings is 1. The molecule has 0 heterocycles. The number of carbonyl (C=O) groups excluding carboxylic acids is 3. The molecule has 0 bridgehead atoms. The maximum atomic E-state index is 13.7.